The first-order valence-electron chi connectivity index (χ1n) is 6.99. The number of rotatable bonds is 2. The van der Waals surface area contributed by atoms with Crippen LogP contribution in [0, 0.1) is 0 Å². The fraction of sp³-hybridized carbons (Fsp3) is 0.125. The van der Waals surface area contributed by atoms with E-state index in [0.29, 0.717) is 28.1 Å². The standard InChI is InChI=1S/C16H14N4O2/c17-15-13-11(19-16(18)20-15)8-12(10-6-7-21-14(10)13)22-9-4-2-1-3-5-9/h1-2,4,6-8H,3,5H2,(H4,17,18,19,20). The minimum Gasteiger partial charge on any atom is -0.463 e. The highest BCUT2D eigenvalue weighted by molar-refractivity contribution is 6.10. The van der Waals surface area contributed by atoms with Gasteiger partial charge in [-0.1, -0.05) is 12.2 Å². The average Bonchev–Trinajstić information content (AvgIpc) is 2.97. The molecule has 1 aliphatic carbocycles. The highest BCUT2D eigenvalue weighted by Crippen LogP contribution is 2.37. The molecule has 4 N–H and O–H groups in total. The maximum Gasteiger partial charge on any atom is 0.222 e. The Hall–Kier alpha value is -3.02. The maximum atomic E-state index is 6.02. The van der Waals surface area contributed by atoms with Crippen molar-refractivity contribution in [2.24, 2.45) is 0 Å². The van der Waals surface area contributed by atoms with Crippen LogP contribution in [0.25, 0.3) is 21.9 Å². The largest absolute Gasteiger partial charge is 0.463 e. The van der Waals surface area contributed by atoms with Crippen LogP contribution in [0.4, 0.5) is 11.8 Å². The monoisotopic (exact) mass is 294 g/mol. The first-order valence-corrected chi connectivity index (χ1v) is 6.99. The Balaban J connectivity index is 1.95. The van der Waals surface area contributed by atoms with Crippen LogP contribution in [0.3, 0.4) is 0 Å². The Bertz CT molecular complexity index is 940. The number of anilines is 2. The molecule has 0 bridgehead atoms. The minimum absolute atomic E-state index is 0.127. The molecule has 0 saturated heterocycles. The molecule has 0 amide bonds. The van der Waals surface area contributed by atoms with Gasteiger partial charge < -0.3 is 20.6 Å². The van der Waals surface area contributed by atoms with Crippen LogP contribution in [-0.4, -0.2) is 9.97 Å². The van der Waals surface area contributed by atoms with Crippen molar-refractivity contribution in [2.45, 2.75) is 12.8 Å². The number of hydrogen-bond acceptors (Lipinski definition) is 6. The second kappa shape index (κ2) is 4.77. The van der Waals surface area contributed by atoms with Crippen molar-refractivity contribution >= 4 is 33.6 Å². The summed E-state index contributed by atoms with van der Waals surface area (Å²) in [4.78, 5) is 8.23. The normalized spacial score (nSPS) is 14.5. The van der Waals surface area contributed by atoms with Crippen LogP contribution >= 0.6 is 0 Å². The molecule has 0 unspecified atom stereocenters. The van der Waals surface area contributed by atoms with E-state index < -0.39 is 0 Å². The van der Waals surface area contributed by atoms with Crippen LogP contribution in [-0.2, 0) is 0 Å². The number of ether oxygens (including phenoxy) is 1. The first kappa shape index (κ1) is 12.7. The molecule has 4 rings (SSSR count). The quantitative estimate of drug-likeness (QED) is 0.753. The lowest BCUT2D eigenvalue weighted by Gasteiger charge is -2.13. The van der Waals surface area contributed by atoms with E-state index in [9.17, 15) is 0 Å². The van der Waals surface area contributed by atoms with E-state index in [1.54, 1.807) is 6.26 Å². The third-order valence-electron chi connectivity index (χ3n) is 3.62. The van der Waals surface area contributed by atoms with E-state index in [-0.39, 0.29) is 5.95 Å². The Morgan fingerprint density at radius 3 is 2.95 bits per heavy atom. The van der Waals surface area contributed by atoms with Gasteiger partial charge in [-0.2, -0.15) is 4.98 Å². The first-order chi connectivity index (χ1) is 10.7. The van der Waals surface area contributed by atoms with Crippen molar-refractivity contribution in [1.82, 2.24) is 9.97 Å². The fourth-order valence-electron chi connectivity index (χ4n) is 2.64. The van der Waals surface area contributed by atoms with Crippen LogP contribution in [0.5, 0.6) is 5.75 Å². The molecular weight excluding hydrogens is 280 g/mol. The Morgan fingerprint density at radius 2 is 2.14 bits per heavy atom. The molecule has 0 saturated carbocycles. The van der Waals surface area contributed by atoms with Crippen molar-refractivity contribution < 1.29 is 9.15 Å². The lowest BCUT2D eigenvalue weighted by Crippen LogP contribution is -2.02. The maximum absolute atomic E-state index is 6.02. The lowest BCUT2D eigenvalue weighted by molar-refractivity contribution is 0.407. The summed E-state index contributed by atoms with van der Waals surface area (Å²) in [5.41, 5.74) is 12.9. The summed E-state index contributed by atoms with van der Waals surface area (Å²) in [7, 11) is 0. The van der Waals surface area contributed by atoms with Gasteiger partial charge in [0.1, 0.15) is 17.3 Å². The zero-order valence-electron chi connectivity index (χ0n) is 11.7. The van der Waals surface area contributed by atoms with Crippen LogP contribution in [0.15, 0.2) is 46.8 Å². The molecule has 0 atom stereocenters. The van der Waals surface area contributed by atoms with Crippen molar-refractivity contribution in [3.05, 3.63) is 42.4 Å². The topological polar surface area (TPSA) is 100 Å². The number of fused-ring (bicyclic) bond motifs is 3. The number of benzene rings is 1. The third kappa shape index (κ3) is 1.96. The molecule has 2 heterocycles. The second-order valence-corrected chi connectivity index (χ2v) is 5.10. The highest BCUT2D eigenvalue weighted by atomic mass is 16.5. The molecule has 6 nitrogen and oxygen atoms in total. The molecule has 2 aromatic heterocycles. The van der Waals surface area contributed by atoms with E-state index in [1.807, 2.05) is 24.3 Å². The van der Waals surface area contributed by atoms with Gasteiger partial charge in [0.2, 0.25) is 5.95 Å². The summed E-state index contributed by atoms with van der Waals surface area (Å²) in [6.45, 7) is 0. The van der Waals surface area contributed by atoms with E-state index in [0.717, 1.165) is 24.0 Å². The van der Waals surface area contributed by atoms with Gasteiger partial charge >= 0.3 is 0 Å². The van der Waals surface area contributed by atoms with E-state index >= 15 is 0 Å². The summed E-state index contributed by atoms with van der Waals surface area (Å²) >= 11 is 0. The number of aromatic nitrogens is 2. The van der Waals surface area contributed by atoms with Gasteiger partial charge in [-0.05, 0) is 18.6 Å². The Morgan fingerprint density at radius 1 is 1.23 bits per heavy atom. The van der Waals surface area contributed by atoms with Crippen LogP contribution < -0.4 is 16.2 Å². The minimum atomic E-state index is 0.127. The van der Waals surface area contributed by atoms with Crippen LogP contribution in [0.1, 0.15) is 12.8 Å². The highest BCUT2D eigenvalue weighted by Gasteiger charge is 2.16. The SMILES string of the molecule is Nc1nc(N)c2c(cc(OC3=CC=CCC3)c3ccoc32)n1. The van der Waals surface area contributed by atoms with Crippen molar-refractivity contribution in [1.29, 1.82) is 0 Å². The lowest BCUT2D eigenvalue weighted by atomic mass is 10.1. The number of furan rings is 1. The Kier molecular flexibility index (Phi) is 2.75. The number of allylic oxidation sites excluding steroid dienone is 4. The molecular formula is C16H14N4O2. The number of hydrogen-bond donors (Lipinski definition) is 2. The van der Waals surface area contributed by atoms with Gasteiger partial charge in [0, 0.05) is 12.5 Å². The summed E-state index contributed by atoms with van der Waals surface area (Å²) in [5.74, 6) is 2.00. The van der Waals surface area contributed by atoms with Gasteiger partial charge in [0.25, 0.3) is 0 Å². The number of nitrogen functional groups attached to an aromatic ring is 2. The summed E-state index contributed by atoms with van der Waals surface area (Å²) < 4.78 is 11.6. The molecule has 1 aliphatic rings. The second-order valence-electron chi connectivity index (χ2n) is 5.10. The third-order valence-corrected chi connectivity index (χ3v) is 3.62. The smallest absolute Gasteiger partial charge is 0.222 e. The predicted octanol–water partition coefficient (Wildman–Crippen LogP) is 3.15. The zero-order valence-corrected chi connectivity index (χ0v) is 11.7. The molecule has 3 aromatic rings. The van der Waals surface area contributed by atoms with Gasteiger partial charge in [0.15, 0.2) is 5.58 Å². The van der Waals surface area contributed by atoms with E-state index in [2.05, 4.69) is 16.0 Å². The van der Waals surface area contributed by atoms with Crippen molar-refractivity contribution in [3.63, 3.8) is 0 Å². The summed E-state index contributed by atoms with van der Waals surface area (Å²) in [6.07, 6.45) is 9.49. The van der Waals surface area contributed by atoms with E-state index in [4.69, 9.17) is 20.6 Å². The molecule has 22 heavy (non-hydrogen) atoms. The number of nitrogens with zero attached hydrogens (tertiary/aromatic N) is 2. The van der Waals surface area contributed by atoms with Gasteiger partial charge in [-0.15, -0.1) is 0 Å². The number of nitrogens with two attached hydrogens (primary N) is 2. The van der Waals surface area contributed by atoms with Gasteiger partial charge in [-0.25, -0.2) is 4.98 Å². The molecule has 110 valence electrons. The molecule has 0 spiro atoms. The van der Waals surface area contributed by atoms with E-state index in [1.165, 1.54) is 0 Å². The predicted molar refractivity (Wildman–Crippen MR) is 85.2 cm³/mol. The molecule has 0 aliphatic heterocycles. The molecule has 6 heteroatoms. The zero-order chi connectivity index (χ0) is 15.1. The van der Waals surface area contributed by atoms with Crippen molar-refractivity contribution in [3.8, 4) is 5.75 Å². The average molecular weight is 294 g/mol. The Labute approximate surface area is 126 Å². The molecule has 0 fully saturated rings. The van der Waals surface area contributed by atoms with Gasteiger partial charge in [-0.3, -0.25) is 0 Å². The molecule has 1 aromatic carbocycles. The summed E-state index contributed by atoms with van der Waals surface area (Å²) in [6, 6.07) is 3.67. The summed E-state index contributed by atoms with van der Waals surface area (Å²) in [5, 5.41) is 1.49. The van der Waals surface area contributed by atoms with Crippen molar-refractivity contribution in [2.75, 3.05) is 11.5 Å². The van der Waals surface area contributed by atoms with Gasteiger partial charge in [0.05, 0.1) is 22.6 Å². The fourth-order valence-corrected chi connectivity index (χ4v) is 2.64. The van der Waals surface area contributed by atoms with Crippen LogP contribution in [0.2, 0.25) is 0 Å². The molecule has 0 radical (unpaired) electrons.